The summed E-state index contributed by atoms with van der Waals surface area (Å²) in [6.07, 6.45) is 0. The van der Waals surface area contributed by atoms with E-state index >= 15 is 0 Å². The van der Waals surface area contributed by atoms with E-state index in [0.717, 1.165) is 0 Å². The highest BCUT2D eigenvalue weighted by Gasteiger charge is 2.04. The van der Waals surface area contributed by atoms with Crippen LogP contribution in [0.4, 0.5) is 0 Å². The first-order valence-electron chi connectivity index (χ1n) is 5.23. The van der Waals surface area contributed by atoms with Crippen LogP contribution in [0.2, 0.25) is 0 Å². The van der Waals surface area contributed by atoms with Gasteiger partial charge in [0.15, 0.2) is 0 Å². The van der Waals surface area contributed by atoms with E-state index in [0.29, 0.717) is 23.6 Å². The van der Waals surface area contributed by atoms with Crippen molar-refractivity contribution in [3.63, 3.8) is 0 Å². The number of benzene rings is 1. The van der Waals surface area contributed by atoms with Crippen LogP contribution in [0, 0.1) is 0 Å². The minimum Gasteiger partial charge on any atom is -0.508 e. The lowest BCUT2D eigenvalue weighted by atomic mass is 10.2. The topological polar surface area (TPSA) is 78.0 Å². The lowest BCUT2D eigenvalue weighted by molar-refractivity contribution is 0.475. The van der Waals surface area contributed by atoms with Crippen molar-refractivity contribution in [1.29, 1.82) is 0 Å². The van der Waals surface area contributed by atoms with E-state index in [-0.39, 0.29) is 11.3 Å². The zero-order valence-electron chi connectivity index (χ0n) is 9.40. The number of hydrogen-bond acceptors (Lipinski definition) is 4. The Balaban J connectivity index is 2.48. The summed E-state index contributed by atoms with van der Waals surface area (Å²) in [5, 5.41) is 12.3. The summed E-state index contributed by atoms with van der Waals surface area (Å²) in [4.78, 5) is 18.4. The lowest BCUT2D eigenvalue weighted by Gasteiger charge is -2.04. The van der Waals surface area contributed by atoms with Gasteiger partial charge in [0, 0.05) is 18.2 Å². The zero-order chi connectivity index (χ0) is 12.3. The fraction of sp³-hybridized carbons (Fsp3) is 0.167. The fourth-order valence-electron chi connectivity index (χ4n) is 1.57. The average Bonchev–Trinajstić information content (AvgIpc) is 2.28. The van der Waals surface area contributed by atoms with Gasteiger partial charge in [-0.05, 0) is 19.2 Å². The molecule has 3 N–H and O–H groups in total. The number of phenolic OH excluding ortho intramolecular Hbond substituents is 1. The Morgan fingerprint density at radius 3 is 2.94 bits per heavy atom. The van der Waals surface area contributed by atoms with Crippen molar-refractivity contribution < 1.29 is 5.11 Å². The van der Waals surface area contributed by atoms with Crippen molar-refractivity contribution in [3.8, 4) is 17.1 Å². The van der Waals surface area contributed by atoms with E-state index in [1.807, 2.05) is 0 Å². The van der Waals surface area contributed by atoms with Crippen molar-refractivity contribution in [2.45, 2.75) is 6.54 Å². The van der Waals surface area contributed by atoms with Crippen LogP contribution in [0.3, 0.4) is 0 Å². The number of H-pyrrole nitrogens is 1. The largest absolute Gasteiger partial charge is 0.508 e. The van der Waals surface area contributed by atoms with E-state index in [1.165, 1.54) is 6.07 Å². The first kappa shape index (κ1) is 11.3. The Bertz CT molecular complexity index is 578. The smallest absolute Gasteiger partial charge is 0.251 e. The zero-order valence-corrected chi connectivity index (χ0v) is 9.40. The summed E-state index contributed by atoms with van der Waals surface area (Å²) in [5.74, 6) is 0.600. The highest BCUT2D eigenvalue weighted by molar-refractivity contribution is 5.57. The molecule has 0 atom stereocenters. The predicted octanol–water partition coefficient (Wildman–Crippen LogP) is 0.862. The van der Waals surface area contributed by atoms with Gasteiger partial charge in [0.25, 0.3) is 5.56 Å². The Labute approximate surface area is 98.2 Å². The maximum atomic E-state index is 11.5. The van der Waals surface area contributed by atoms with Gasteiger partial charge in [-0.3, -0.25) is 4.79 Å². The van der Waals surface area contributed by atoms with E-state index in [4.69, 9.17) is 0 Å². The molecule has 1 aromatic carbocycles. The fourth-order valence-corrected chi connectivity index (χ4v) is 1.57. The van der Waals surface area contributed by atoms with Crippen molar-refractivity contribution in [3.05, 3.63) is 46.4 Å². The molecule has 0 spiro atoms. The molecule has 17 heavy (non-hydrogen) atoms. The standard InChI is InChI=1S/C12H13N3O2/c1-13-7-9-6-11(17)15-12(14-9)8-3-2-4-10(16)5-8/h2-6,13,16H,7H2,1H3,(H,14,15,17). The summed E-state index contributed by atoms with van der Waals surface area (Å²) in [6.45, 7) is 0.524. The van der Waals surface area contributed by atoms with Gasteiger partial charge in [0.1, 0.15) is 11.6 Å². The summed E-state index contributed by atoms with van der Waals surface area (Å²) >= 11 is 0. The van der Waals surface area contributed by atoms with Gasteiger partial charge in [0.05, 0.1) is 5.69 Å². The molecule has 5 nitrogen and oxygen atoms in total. The maximum Gasteiger partial charge on any atom is 0.251 e. The molecule has 0 unspecified atom stereocenters. The summed E-state index contributed by atoms with van der Waals surface area (Å²) in [7, 11) is 1.79. The van der Waals surface area contributed by atoms with Gasteiger partial charge in [-0.2, -0.15) is 0 Å². The minimum atomic E-state index is -0.205. The van der Waals surface area contributed by atoms with E-state index in [1.54, 1.807) is 31.3 Å². The Morgan fingerprint density at radius 1 is 1.41 bits per heavy atom. The first-order chi connectivity index (χ1) is 8.19. The quantitative estimate of drug-likeness (QED) is 0.732. The maximum absolute atomic E-state index is 11.5. The number of aromatic hydroxyl groups is 1. The normalized spacial score (nSPS) is 10.4. The van der Waals surface area contributed by atoms with Crippen LogP contribution < -0.4 is 10.9 Å². The van der Waals surface area contributed by atoms with Crippen LogP contribution in [0.1, 0.15) is 5.69 Å². The van der Waals surface area contributed by atoms with Crippen LogP contribution in [0.15, 0.2) is 35.1 Å². The number of hydrogen-bond donors (Lipinski definition) is 3. The Kier molecular flexibility index (Phi) is 3.20. The van der Waals surface area contributed by atoms with Crippen LogP contribution >= 0.6 is 0 Å². The van der Waals surface area contributed by atoms with Crippen LogP contribution in [-0.4, -0.2) is 22.1 Å². The van der Waals surface area contributed by atoms with Crippen LogP contribution in [0.5, 0.6) is 5.75 Å². The second-order valence-electron chi connectivity index (χ2n) is 3.67. The van der Waals surface area contributed by atoms with Gasteiger partial charge in [-0.1, -0.05) is 12.1 Å². The highest BCUT2D eigenvalue weighted by atomic mass is 16.3. The molecule has 0 bridgehead atoms. The second kappa shape index (κ2) is 4.80. The van der Waals surface area contributed by atoms with Gasteiger partial charge in [-0.25, -0.2) is 4.98 Å². The van der Waals surface area contributed by atoms with Crippen LogP contribution in [-0.2, 0) is 6.54 Å². The molecule has 0 aliphatic heterocycles. The van der Waals surface area contributed by atoms with Crippen molar-refractivity contribution >= 4 is 0 Å². The molecule has 0 saturated carbocycles. The molecule has 2 rings (SSSR count). The van der Waals surface area contributed by atoms with Crippen molar-refractivity contribution in [2.24, 2.45) is 0 Å². The predicted molar refractivity (Wildman–Crippen MR) is 64.7 cm³/mol. The van der Waals surface area contributed by atoms with Gasteiger partial charge in [0.2, 0.25) is 0 Å². The molecule has 0 radical (unpaired) electrons. The summed E-state index contributed by atoms with van der Waals surface area (Å²) < 4.78 is 0. The first-order valence-corrected chi connectivity index (χ1v) is 5.23. The molecule has 1 heterocycles. The molecular weight excluding hydrogens is 218 g/mol. The Hall–Kier alpha value is -2.14. The van der Waals surface area contributed by atoms with Crippen molar-refractivity contribution in [2.75, 3.05) is 7.05 Å². The SMILES string of the molecule is CNCc1cc(=O)[nH]c(-c2cccc(O)c2)n1. The van der Waals surface area contributed by atoms with E-state index in [2.05, 4.69) is 15.3 Å². The molecular formula is C12H13N3O2. The summed E-state index contributed by atoms with van der Waals surface area (Å²) in [5.41, 5.74) is 1.14. The van der Waals surface area contributed by atoms with Crippen molar-refractivity contribution in [1.82, 2.24) is 15.3 Å². The number of rotatable bonds is 3. The number of aromatic nitrogens is 2. The Morgan fingerprint density at radius 2 is 2.24 bits per heavy atom. The monoisotopic (exact) mass is 231 g/mol. The number of aromatic amines is 1. The van der Waals surface area contributed by atoms with Crippen LogP contribution in [0.25, 0.3) is 11.4 Å². The molecule has 1 aromatic heterocycles. The molecule has 0 fully saturated rings. The number of phenols is 1. The average molecular weight is 231 g/mol. The third-order valence-electron chi connectivity index (χ3n) is 2.27. The minimum absolute atomic E-state index is 0.143. The molecule has 0 amide bonds. The summed E-state index contributed by atoms with van der Waals surface area (Å²) in [6, 6.07) is 8.06. The van der Waals surface area contributed by atoms with E-state index < -0.39 is 0 Å². The molecule has 0 saturated heterocycles. The second-order valence-corrected chi connectivity index (χ2v) is 3.67. The van der Waals surface area contributed by atoms with Gasteiger partial charge >= 0.3 is 0 Å². The number of nitrogens with zero attached hydrogens (tertiary/aromatic N) is 1. The third-order valence-corrected chi connectivity index (χ3v) is 2.27. The molecule has 2 aromatic rings. The van der Waals surface area contributed by atoms with Gasteiger partial charge in [-0.15, -0.1) is 0 Å². The molecule has 0 aliphatic rings. The van der Waals surface area contributed by atoms with E-state index in [9.17, 15) is 9.90 Å². The van der Waals surface area contributed by atoms with Gasteiger partial charge < -0.3 is 15.4 Å². The highest BCUT2D eigenvalue weighted by Crippen LogP contribution is 2.18. The lowest BCUT2D eigenvalue weighted by Crippen LogP contribution is -2.14. The molecule has 5 heteroatoms. The molecule has 88 valence electrons. The third kappa shape index (κ3) is 2.70. The number of nitrogens with one attached hydrogen (secondary N) is 2. The molecule has 0 aliphatic carbocycles.